The number of rotatable bonds is 4. The highest BCUT2D eigenvalue weighted by Crippen LogP contribution is 2.16. The van der Waals surface area contributed by atoms with E-state index in [2.05, 4.69) is 20.7 Å². The van der Waals surface area contributed by atoms with Crippen molar-refractivity contribution in [3.05, 3.63) is 53.7 Å². The molecule has 6 nitrogen and oxygen atoms in total. The predicted molar refractivity (Wildman–Crippen MR) is 72.1 cm³/mol. The molecule has 0 fully saturated rings. The van der Waals surface area contributed by atoms with Crippen molar-refractivity contribution in [1.29, 1.82) is 0 Å². The molecule has 20 heavy (non-hydrogen) atoms. The van der Waals surface area contributed by atoms with Crippen LogP contribution < -0.4 is 16.6 Å². The molecule has 2 rings (SSSR count). The fraction of sp³-hybridized carbons (Fsp3) is 0.154. The molecule has 0 aliphatic rings. The highest BCUT2D eigenvalue weighted by molar-refractivity contribution is 5.95. The highest BCUT2D eigenvalue weighted by atomic mass is 19.1. The number of hydrogen-bond donors (Lipinski definition) is 3. The molecule has 0 aliphatic heterocycles. The van der Waals surface area contributed by atoms with Crippen LogP contribution in [0.4, 0.5) is 10.2 Å². The average molecular weight is 275 g/mol. The zero-order valence-electron chi connectivity index (χ0n) is 10.8. The van der Waals surface area contributed by atoms with Crippen molar-refractivity contribution < 1.29 is 9.18 Å². The lowest BCUT2D eigenvalue weighted by Crippen LogP contribution is -2.28. The lowest BCUT2D eigenvalue weighted by atomic mass is 10.1. The maximum absolute atomic E-state index is 13.9. The van der Waals surface area contributed by atoms with E-state index >= 15 is 0 Å². The summed E-state index contributed by atoms with van der Waals surface area (Å²) >= 11 is 0. The Labute approximate surface area is 115 Å². The molecule has 7 heteroatoms. The molecule has 0 aliphatic carbocycles. The van der Waals surface area contributed by atoms with E-state index in [1.165, 1.54) is 12.3 Å². The molecule has 0 bridgehead atoms. The number of nitrogens with two attached hydrogens (primary N) is 1. The third kappa shape index (κ3) is 2.89. The zero-order chi connectivity index (χ0) is 14.5. The summed E-state index contributed by atoms with van der Waals surface area (Å²) in [5.41, 5.74) is 2.80. The van der Waals surface area contributed by atoms with Gasteiger partial charge >= 0.3 is 0 Å². The minimum Gasteiger partial charge on any atom is -0.345 e. The summed E-state index contributed by atoms with van der Waals surface area (Å²) in [6.07, 6.45) is 4.59. The average Bonchev–Trinajstić information content (AvgIpc) is 2.48. The topological polar surface area (TPSA) is 92.9 Å². The molecule has 0 saturated heterocycles. The van der Waals surface area contributed by atoms with Crippen molar-refractivity contribution in [3.63, 3.8) is 0 Å². The monoisotopic (exact) mass is 275 g/mol. The minimum atomic E-state index is -0.786. The maximum atomic E-state index is 13.9. The van der Waals surface area contributed by atoms with Gasteiger partial charge in [0.15, 0.2) is 11.6 Å². The van der Waals surface area contributed by atoms with E-state index < -0.39 is 11.7 Å². The van der Waals surface area contributed by atoms with Gasteiger partial charge in [-0.1, -0.05) is 6.07 Å². The molecule has 0 saturated carbocycles. The van der Waals surface area contributed by atoms with Crippen LogP contribution in [-0.4, -0.2) is 15.9 Å². The highest BCUT2D eigenvalue weighted by Gasteiger charge is 2.17. The number of nitrogens with zero attached hydrogens (tertiary/aromatic N) is 2. The van der Waals surface area contributed by atoms with E-state index in [1.807, 2.05) is 6.07 Å². The molecule has 104 valence electrons. The number of amides is 1. The summed E-state index contributed by atoms with van der Waals surface area (Å²) in [6.45, 7) is 1.79. The van der Waals surface area contributed by atoms with Crippen LogP contribution in [0, 0.1) is 5.82 Å². The van der Waals surface area contributed by atoms with Crippen LogP contribution in [-0.2, 0) is 0 Å². The summed E-state index contributed by atoms with van der Waals surface area (Å²) in [7, 11) is 0. The third-order valence-corrected chi connectivity index (χ3v) is 2.80. The van der Waals surface area contributed by atoms with Crippen LogP contribution in [0.5, 0.6) is 0 Å². The molecule has 0 aromatic carbocycles. The van der Waals surface area contributed by atoms with Crippen LogP contribution in [0.3, 0.4) is 0 Å². The van der Waals surface area contributed by atoms with E-state index in [1.54, 1.807) is 25.4 Å². The second kappa shape index (κ2) is 6.07. The summed E-state index contributed by atoms with van der Waals surface area (Å²) in [5, 5.41) is 2.69. The first-order valence-corrected chi connectivity index (χ1v) is 5.95. The Hall–Kier alpha value is -2.54. The molecule has 1 amide bonds. The molecular formula is C13H14FN5O. The van der Waals surface area contributed by atoms with Crippen molar-refractivity contribution in [2.75, 3.05) is 5.43 Å². The number of hydrazine groups is 1. The van der Waals surface area contributed by atoms with Crippen molar-refractivity contribution in [1.82, 2.24) is 15.3 Å². The SMILES string of the molecule is CC(NC(=O)c1ccnc(NN)c1F)c1cccnc1. The first-order chi connectivity index (χ1) is 9.63. The number of carbonyl (C=O) groups is 1. The normalized spacial score (nSPS) is 11.8. The molecular weight excluding hydrogens is 261 g/mol. The van der Waals surface area contributed by atoms with Crippen molar-refractivity contribution >= 4 is 11.7 Å². The van der Waals surface area contributed by atoms with E-state index in [4.69, 9.17) is 5.84 Å². The van der Waals surface area contributed by atoms with E-state index in [9.17, 15) is 9.18 Å². The number of carbonyl (C=O) groups excluding carboxylic acids is 1. The van der Waals surface area contributed by atoms with E-state index in [-0.39, 0.29) is 17.4 Å². The number of nitrogen functional groups attached to an aromatic ring is 1. The van der Waals surface area contributed by atoms with Crippen LogP contribution >= 0.6 is 0 Å². The first-order valence-electron chi connectivity index (χ1n) is 5.95. The second-order valence-corrected chi connectivity index (χ2v) is 4.15. The molecule has 2 heterocycles. The summed E-state index contributed by atoms with van der Waals surface area (Å²) in [6, 6.07) is 4.59. The Morgan fingerprint density at radius 1 is 1.40 bits per heavy atom. The van der Waals surface area contributed by atoms with Gasteiger partial charge in [-0.2, -0.15) is 0 Å². The Balaban J connectivity index is 2.17. The van der Waals surface area contributed by atoms with Crippen LogP contribution in [0.2, 0.25) is 0 Å². The predicted octanol–water partition coefficient (Wildman–Crippen LogP) is 1.39. The minimum absolute atomic E-state index is 0.122. The van der Waals surface area contributed by atoms with Gasteiger partial charge in [-0.3, -0.25) is 9.78 Å². The van der Waals surface area contributed by atoms with Gasteiger partial charge in [0.2, 0.25) is 0 Å². The van der Waals surface area contributed by atoms with Gasteiger partial charge in [0, 0.05) is 18.6 Å². The standard InChI is InChI=1S/C13H14FN5O/c1-8(9-3-2-5-16-7-9)18-13(20)10-4-6-17-12(19-15)11(10)14/h2-8H,15H2,1H3,(H,17,19)(H,18,20). The number of hydrogen-bond acceptors (Lipinski definition) is 5. The van der Waals surface area contributed by atoms with Crippen LogP contribution in [0.1, 0.15) is 28.9 Å². The van der Waals surface area contributed by atoms with Gasteiger partial charge in [0.1, 0.15) is 0 Å². The Morgan fingerprint density at radius 2 is 2.20 bits per heavy atom. The fourth-order valence-corrected chi connectivity index (χ4v) is 1.71. The maximum Gasteiger partial charge on any atom is 0.254 e. The largest absolute Gasteiger partial charge is 0.345 e. The Morgan fingerprint density at radius 3 is 2.85 bits per heavy atom. The Bertz CT molecular complexity index is 605. The van der Waals surface area contributed by atoms with Gasteiger partial charge in [0.25, 0.3) is 5.91 Å². The number of aromatic nitrogens is 2. The van der Waals surface area contributed by atoms with Crippen molar-refractivity contribution in [3.8, 4) is 0 Å². The molecule has 1 unspecified atom stereocenters. The van der Waals surface area contributed by atoms with E-state index in [0.29, 0.717) is 0 Å². The summed E-state index contributed by atoms with van der Waals surface area (Å²) in [5.74, 6) is 3.62. The molecule has 0 spiro atoms. The molecule has 1 atom stereocenters. The van der Waals surface area contributed by atoms with Gasteiger partial charge in [-0.15, -0.1) is 0 Å². The van der Waals surface area contributed by atoms with Crippen LogP contribution in [0.25, 0.3) is 0 Å². The fourth-order valence-electron chi connectivity index (χ4n) is 1.71. The van der Waals surface area contributed by atoms with Crippen molar-refractivity contribution in [2.24, 2.45) is 5.84 Å². The first kappa shape index (κ1) is 13.9. The quantitative estimate of drug-likeness (QED) is 0.579. The molecule has 4 N–H and O–H groups in total. The molecule has 0 radical (unpaired) electrons. The number of pyridine rings is 2. The van der Waals surface area contributed by atoms with E-state index in [0.717, 1.165) is 5.56 Å². The Kier molecular flexibility index (Phi) is 4.21. The second-order valence-electron chi connectivity index (χ2n) is 4.15. The van der Waals surface area contributed by atoms with Gasteiger partial charge < -0.3 is 10.7 Å². The number of halogens is 1. The number of nitrogens with one attached hydrogen (secondary N) is 2. The molecule has 2 aromatic heterocycles. The smallest absolute Gasteiger partial charge is 0.254 e. The van der Waals surface area contributed by atoms with Crippen molar-refractivity contribution in [2.45, 2.75) is 13.0 Å². The summed E-state index contributed by atoms with van der Waals surface area (Å²) in [4.78, 5) is 19.7. The lowest BCUT2D eigenvalue weighted by Gasteiger charge is -2.14. The van der Waals surface area contributed by atoms with Crippen LogP contribution in [0.15, 0.2) is 36.8 Å². The van der Waals surface area contributed by atoms with Gasteiger partial charge in [-0.05, 0) is 24.6 Å². The molecule has 2 aromatic rings. The third-order valence-electron chi connectivity index (χ3n) is 2.80. The van der Waals surface area contributed by atoms with Gasteiger partial charge in [-0.25, -0.2) is 15.2 Å². The van der Waals surface area contributed by atoms with Gasteiger partial charge in [0.05, 0.1) is 11.6 Å². The summed E-state index contributed by atoms with van der Waals surface area (Å²) < 4.78 is 13.9. The zero-order valence-corrected chi connectivity index (χ0v) is 10.8. The number of anilines is 1. The lowest BCUT2D eigenvalue weighted by molar-refractivity contribution is 0.0935.